The molecule has 30 heavy (non-hydrogen) atoms. The van der Waals surface area contributed by atoms with E-state index in [1.165, 1.54) is 28.7 Å². The summed E-state index contributed by atoms with van der Waals surface area (Å²) in [5.41, 5.74) is -0.180. The molecule has 162 valence electrons. The molecule has 0 bridgehead atoms. The lowest BCUT2D eigenvalue weighted by molar-refractivity contribution is -0.119. The first-order valence-corrected chi connectivity index (χ1v) is 11.2. The number of anilines is 1. The molecule has 1 aromatic heterocycles. The molecule has 0 saturated carbocycles. The number of halogens is 3. The molecule has 0 aliphatic carbocycles. The van der Waals surface area contributed by atoms with E-state index in [4.69, 9.17) is 39.5 Å². The van der Waals surface area contributed by atoms with Crippen molar-refractivity contribution in [1.82, 2.24) is 9.29 Å². The lowest BCUT2D eigenvalue weighted by Crippen LogP contribution is -2.30. The SMILES string of the molecule is CCN(CC)S(=O)(=O)c1ccc(Cl)c(C(=O)OCC(=O)Nc2ncc(Cl)cc2Cl)c1. The number of hydrogen-bond acceptors (Lipinski definition) is 6. The zero-order valence-corrected chi connectivity index (χ0v) is 19.1. The second-order valence-electron chi connectivity index (χ2n) is 5.84. The van der Waals surface area contributed by atoms with Crippen LogP contribution < -0.4 is 5.32 Å². The van der Waals surface area contributed by atoms with Gasteiger partial charge in [0.25, 0.3) is 5.91 Å². The highest BCUT2D eigenvalue weighted by Gasteiger charge is 2.24. The van der Waals surface area contributed by atoms with Crippen molar-refractivity contribution < 1.29 is 22.7 Å². The van der Waals surface area contributed by atoms with Gasteiger partial charge >= 0.3 is 5.97 Å². The predicted octanol–water partition coefficient (Wildman–Crippen LogP) is 3.87. The van der Waals surface area contributed by atoms with Crippen LogP contribution in [0.1, 0.15) is 24.2 Å². The molecule has 0 aliphatic heterocycles. The first kappa shape index (κ1) is 24.4. The second-order valence-corrected chi connectivity index (χ2v) is 9.03. The summed E-state index contributed by atoms with van der Waals surface area (Å²) in [7, 11) is -3.80. The molecule has 0 fully saturated rings. The maximum absolute atomic E-state index is 12.6. The fraction of sp³-hybridized carbons (Fsp3) is 0.278. The van der Waals surface area contributed by atoms with Crippen molar-refractivity contribution in [2.24, 2.45) is 0 Å². The topological polar surface area (TPSA) is 106 Å². The van der Waals surface area contributed by atoms with Crippen molar-refractivity contribution in [2.45, 2.75) is 18.7 Å². The van der Waals surface area contributed by atoms with Gasteiger partial charge in [-0.15, -0.1) is 0 Å². The monoisotopic (exact) mass is 493 g/mol. The number of sulfonamides is 1. The average molecular weight is 495 g/mol. The molecule has 2 aromatic rings. The van der Waals surface area contributed by atoms with E-state index in [1.54, 1.807) is 13.8 Å². The first-order chi connectivity index (χ1) is 14.1. The Morgan fingerprint density at radius 1 is 1.10 bits per heavy atom. The Bertz CT molecular complexity index is 1060. The lowest BCUT2D eigenvalue weighted by Gasteiger charge is -2.19. The molecule has 12 heteroatoms. The molecule has 0 aliphatic rings. The van der Waals surface area contributed by atoms with E-state index < -0.39 is 28.5 Å². The first-order valence-electron chi connectivity index (χ1n) is 8.67. The number of nitrogens with zero attached hydrogens (tertiary/aromatic N) is 2. The van der Waals surface area contributed by atoms with Crippen LogP contribution in [0.4, 0.5) is 5.82 Å². The summed E-state index contributed by atoms with van der Waals surface area (Å²) in [6.07, 6.45) is 1.29. The highest BCUT2D eigenvalue weighted by Crippen LogP contribution is 2.24. The standard InChI is InChI=1S/C18H18Cl3N3O5S/c1-3-24(4-2)30(27,28)12-5-6-14(20)13(8-12)18(26)29-10-16(25)23-17-15(21)7-11(19)9-22-17/h5-9H,3-4,10H2,1-2H3,(H,22,23,25). The number of ether oxygens (including phenoxy) is 1. The molecule has 0 unspecified atom stereocenters. The molecule has 2 rings (SSSR count). The maximum atomic E-state index is 12.6. The number of pyridine rings is 1. The number of nitrogens with one attached hydrogen (secondary N) is 1. The third-order valence-electron chi connectivity index (χ3n) is 3.90. The van der Waals surface area contributed by atoms with Gasteiger partial charge in [0.15, 0.2) is 12.4 Å². The molecule has 1 amide bonds. The van der Waals surface area contributed by atoms with E-state index in [-0.39, 0.29) is 39.4 Å². The van der Waals surface area contributed by atoms with Crippen LogP contribution in [0.5, 0.6) is 0 Å². The van der Waals surface area contributed by atoms with Crippen LogP contribution in [0.15, 0.2) is 35.4 Å². The summed E-state index contributed by atoms with van der Waals surface area (Å²) in [5, 5.41) is 2.76. The Morgan fingerprint density at radius 2 is 1.77 bits per heavy atom. The fourth-order valence-corrected chi connectivity index (χ4v) is 4.52. The van der Waals surface area contributed by atoms with E-state index in [9.17, 15) is 18.0 Å². The molecular weight excluding hydrogens is 477 g/mol. The summed E-state index contributed by atoms with van der Waals surface area (Å²) in [4.78, 5) is 28.1. The second kappa shape index (κ2) is 10.4. The number of aromatic nitrogens is 1. The quantitative estimate of drug-likeness (QED) is 0.559. The number of hydrogen-bond donors (Lipinski definition) is 1. The van der Waals surface area contributed by atoms with Gasteiger partial charge in [-0.3, -0.25) is 4.79 Å². The average Bonchev–Trinajstić information content (AvgIpc) is 2.69. The lowest BCUT2D eigenvalue weighted by atomic mass is 10.2. The van der Waals surface area contributed by atoms with E-state index in [1.807, 2.05) is 0 Å². The van der Waals surface area contributed by atoms with Crippen LogP contribution in [0, 0.1) is 0 Å². The number of carbonyl (C=O) groups excluding carboxylic acids is 2. The van der Waals surface area contributed by atoms with E-state index >= 15 is 0 Å². The normalized spacial score (nSPS) is 11.4. The van der Waals surface area contributed by atoms with Crippen molar-refractivity contribution in [1.29, 1.82) is 0 Å². The zero-order chi connectivity index (χ0) is 22.5. The maximum Gasteiger partial charge on any atom is 0.340 e. The molecule has 0 atom stereocenters. The minimum atomic E-state index is -3.80. The van der Waals surface area contributed by atoms with Crippen molar-refractivity contribution in [3.63, 3.8) is 0 Å². The number of rotatable bonds is 8. The van der Waals surface area contributed by atoms with Crippen LogP contribution in [0.2, 0.25) is 15.1 Å². The van der Waals surface area contributed by atoms with Gasteiger partial charge in [0.2, 0.25) is 10.0 Å². The third-order valence-corrected chi connectivity index (χ3v) is 6.77. The summed E-state index contributed by atoms with van der Waals surface area (Å²) in [6.45, 7) is 3.27. The van der Waals surface area contributed by atoms with Gasteiger partial charge in [-0.2, -0.15) is 4.31 Å². The van der Waals surface area contributed by atoms with Gasteiger partial charge in [-0.1, -0.05) is 48.7 Å². The number of esters is 1. The summed E-state index contributed by atoms with van der Waals surface area (Å²) in [5.74, 6) is -1.61. The number of amides is 1. The third kappa shape index (κ3) is 5.83. The van der Waals surface area contributed by atoms with E-state index in [2.05, 4.69) is 10.3 Å². The Kier molecular flexibility index (Phi) is 8.45. The number of benzene rings is 1. The Labute approximate surface area is 189 Å². The van der Waals surface area contributed by atoms with Crippen molar-refractivity contribution >= 4 is 62.5 Å². The molecule has 1 N–H and O–H groups in total. The van der Waals surface area contributed by atoms with Crippen LogP contribution in [0.25, 0.3) is 0 Å². The van der Waals surface area contributed by atoms with Crippen molar-refractivity contribution in [2.75, 3.05) is 25.0 Å². The van der Waals surface area contributed by atoms with Crippen LogP contribution in [0.3, 0.4) is 0 Å². The molecule has 8 nitrogen and oxygen atoms in total. The molecule has 0 radical (unpaired) electrons. The summed E-state index contributed by atoms with van der Waals surface area (Å²) in [6, 6.07) is 5.09. The Morgan fingerprint density at radius 3 is 2.37 bits per heavy atom. The molecular formula is C18H18Cl3N3O5S. The summed E-state index contributed by atoms with van der Waals surface area (Å²) >= 11 is 17.7. The van der Waals surface area contributed by atoms with Gasteiger partial charge < -0.3 is 10.1 Å². The summed E-state index contributed by atoms with van der Waals surface area (Å²) < 4.78 is 31.5. The minimum absolute atomic E-state index is 0.0127. The van der Waals surface area contributed by atoms with Crippen molar-refractivity contribution in [3.8, 4) is 0 Å². The fourth-order valence-electron chi connectivity index (χ4n) is 2.42. The van der Waals surface area contributed by atoms with Gasteiger partial charge in [-0.05, 0) is 24.3 Å². The van der Waals surface area contributed by atoms with Gasteiger partial charge in [0, 0.05) is 19.3 Å². The zero-order valence-electron chi connectivity index (χ0n) is 16.0. The van der Waals surface area contributed by atoms with Crippen LogP contribution >= 0.6 is 34.8 Å². The molecule has 1 heterocycles. The van der Waals surface area contributed by atoms with Gasteiger partial charge in [0.05, 0.1) is 25.5 Å². The molecule has 0 spiro atoms. The highest BCUT2D eigenvalue weighted by atomic mass is 35.5. The van der Waals surface area contributed by atoms with Gasteiger partial charge in [-0.25, -0.2) is 18.2 Å². The Hall–Kier alpha value is -1.91. The smallest absolute Gasteiger partial charge is 0.340 e. The molecule has 1 aromatic carbocycles. The van der Waals surface area contributed by atoms with E-state index in [0.29, 0.717) is 5.02 Å². The van der Waals surface area contributed by atoms with Crippen LogP contribution in [-0.2, 0) is 19.6 Å². The highest BCUT2D eigenvalue weighted by molar-refractivity contribution is 7.89. The van der Waals surface area contributed by atoms with E-state index in [0.717, 1.165) is 6.07 Å². The largest absolute Gasteiger partial charge is 0.452 e. The number of carbonyl (C=O) groups is 2. The van der Waals surface area contributed by atoms with Crippen molar-refractivity contribution in [3.05, 3.63) is 51.1 Å². The Balaban J connectivity index is 2.12. The predicted molar refractivity (Wildman–Crippen MR) is 115 cm³/mol. The molecule has 0 saturated heterocycles. The van der Waals surface area contributed by atoms with Crippen LogP contribution in [-0.4, -0.2) is 49.3 Å². The minimum Gasteiger partial charge on any atom is -0.452 e. The van der Waals surface area contributed by atoms with Gasteiger partial charge in [0.1, 0.15) is 0 Å².